The maximum Gasteiger partial charge on any atom is 0.252 e. The van der Waals surface area contributed by atoms with Crippen molar-refractivity contribution in [3.63, 3.8) is 0 Å². The number of aromatic hydroxyl groups is 2. The van der Waals surface area contributed by atoms with E-state index in [2.05, 4.69) is 5.32 Å². The Morgan fingerprint density at radius 2 is 1.76 bits per heavy atom. The zero-order valence-corrected chi connectivity index (χ0v) is 9.73. The van der Waals surface area contributed by atoms with Crippen molar-refractivity contribution >= 4 is 11.7 Å². The quantitative estimate of drug-likeness (QED) is 0.734. The maximum atomic E-state index is 11.7. The highest BCUT2D eigenvalue weighted by molar-refractivity contribution is 5.98. The molecule has 0 aliphatic carbocycles. The van der Waals surface area contributed by atoms with Gasteiger partial charge < -0.3 is 15.5 Å². The number of nitrogens with one attached hydrogen (secondary N) is 1. The SMILES string of the molecule is CCC(=O)C(C)NC(=O)c1cc(O)cc(O)c1. The van der Waals surface area contributed by atoms with E-state index in [0.717, 1.165) is 6.07 Å². The summed E-state index contributed by atoms with van der Waals surface area (Å²) in [5, 5.41) is 20.9. The van der Waals surface area contributed by atoms with Gasteiger partial charge in [0.1, 0.15) is 11.5 Å². The van der Waals surface area contributed by atoms with Crippen molar-refractivity contribution in [2.75, 3.05) is 0 Å². The standard InChI is InChI=1S/C12H15NO4/c1-3-11(16)7(2)13-12(17)8-4-9(14)6-10(15)5-8/h4-7,14-15H,3H2,1-2H3,(H,13,17). The lowest BCUT2D eigenvalue weighted by atomic mass is 10.1. The molecule has 5 heteroatoms. The third-order valence-corrected chi connectivity index (χ3v) is 2.34. The zero-order chi connectivity index (χ0) is 13.0. The molecule has 0 spiro atoms. The van der Waals surface area contributed by atoms with Crippen LogP contribution in [0.1, 0.15) is 30.6 Å². The molecule has 1 atom stereocenters. The smallest absolute Gasteiger partial charge is 0.252 e. The van der Waals surface area contributed by atoms with Gasteiger partial charge in [-0.2, -0.15) is 0 Å². The van der Waals surface area contributed by atoms with Crippen LogP contribution in [0.25, 0.3) is 0 Å². The monoisotopic (exact) mass is 237 g/mol. The second kappa shape index (κ2) is 5.34. The molecule has 0 fully saturated rings. The van der Waals surface area contributed by atoms with Gasteiger partial charge in [-0.25, -0.2) is 0 Å². The molecular formula is C12H15NO4. The highest BCUT2D eigenvalue weighted by atomic mass is 16.3. The Hall–Kier alpha value is -2.04. The summed E-state index contributed by atoms with van der Waals surface area (Å²) in [7, 11) is 0. The van der Waals surface area contributed by atoms with E-state index in [9.17, 15) is 19.8 Å². The molecule has 0 saturated carbocycles. The molecular weight excluding hydrogens is 222 g/mol. The molecule has 0 saturated heterocycles. The predicted molar refractivity (Wildman–Crippen MR) is 62.0 cm³/mol. The summed E-state index contributed by atoms with van der Waals surface area (Å²) in [6, 6.07) is 2.98. The van der Waals surface area contributed by atoms with Crippen LogP contribution in [0.15, 0.2) is 18.2 Å². The van der Waals surface area contributed by atoms with Crippen molar-refractivity contribution in [3.8, 4) is 11.5 Å². The third-order valence-electron chi connectivity index (χ3n) is 2.34. The molecule has 1 rings (SSSR count). The van der Waals surface area contributed by atoms with Crippen molar-refractivity contribution in [1.82, 2.24) is 5.32 Å². The van der Waals surface area contributed by atoms with Gasteiger partial charge in [-0.15, -0.1) is 0 Å². The number of benzene rings is 1. The zero-order valence-electron chi connectivity index (χ0n) is 9.73. The Morgan fingerprint density at radius 1 is 1.24 bits per heavy atom. The van der Waals surface area contributed by atoms with Crippen molar-refractivity contribution in [1.29, 1.82) is 0 Å². The Labute approximate surface area is 99.1 Å². The van der Waals surface area contributed by atoms with Crippen LogP contribution in [0.5, 0.6) is 11.5 Å². The van der Waals surface area contributed by atoms with Gasteiger partial charge in [-0.1, -0.05) is 6.92 Å². The molecule has 92 valence electrons. The molecule has 0 aliphatic heterocycles. The number of hydrogen-bond donors (Lipinski definition) is 3. The number of phenols is 2. The van der Waals surface area contributed by atoms with Gasteiger partial charge >= 0.3 is 0 Å². The number of ketones is 1. The Kier molecular flexibility index (Phi) is 4.09. The molecule has 1 aromatic carbocycles. The Morgan fingerprint density at radius 3 is 2.24 bits per heavy atom. The summed E-state index contributed by atoms with van der Waals surface area (Å²) in [5.41, 5.74) is 0.109. The average Bonchev–Trinajstić information content (AvgIpc) is 2.26. The van der Waals surface area contributed by atoms with Crippen molar-refractivity contribution in [2.24, 2.45) is 0 Å². The van der Waals surface area contributed by atoms with Crippen LogP contribution in [-0.4, -0.2) is 27.9 Å². The fourth-order valence-corrected chi connectivity index (χ4v) is 1.39. The van der Waals surface area contributed by atoms with E-state index in [1.807, 2.05) is 0 Å². The lowest BCUT2D eigenvalue weighted by Gasteiger charge is -2.12. The van der Waals surface area contributed by atoms with E-state index in [4.69, 9.17) is 0 Å². The Bertz CT molecular complexity index is 422. The normalized spacial score (nSPS) is 11.9. The summed E-state index contributed by atoms with van der Waals surface area (Å²) < 4.78 is 0. The van der Waals surface area contributed by atoms with Gasteiger partial charge in [0.15, 0.2) is 5.78 Å². The van der Waals surface area contributed by atoms with E-state index >= 15 is 0 Å². The number of carbonyl (C=O) groups excluding carboxylic acids is 2. The first-order chi connectivity index (χ1) is 7.93. The molecule has 0 aliphatic rings. The van der Waals surface area contributed by atoms with E-state index < -0.39 is 11.9 Å². The van der Waals surface area contributed by atoms with Gasteiger partial charge in [-0.3, -0.25) is 9.59 Å². The largest absolute Gasteiger partial charge is 0.508 e. The molecule has 0 aromatic heterocycles. The molecule has 1 amide bonds. The minimum atomic E-state index is -0.586. The molecule has 3 N–H and O–H groups in total. The minimum Gasteiger partial charge on any atom is -0.508 e. The maximum absolute atomic E-state index is 11.7. The summed E-state index contributed by atoms with van der Waals surface area (Å²) in [4.78, 5) is 23.0. The molecule has 0 radical (unpaired) electrons. The molecule has 0 heterocycles. The van der Waals surface area contributed by atoms with E-state index in [1.54, 1.807) is 13.8 Å². The van der Waals surface area contributed by atoms with Gasteiger partial charge in [0.05, 0.1) is 6.04 Å². The topological polar surface area (TPSA) is 86.6 Å². The summed E-state index contributed by atoms with van der Waals surface area (Å²) in [6.07, 6.45) is 0.340. The predicted octanol–water partition coefficient (Wildman–Crippen LogP) is 1.20. The number of hydrogen-bond acceptors (Lipinski definition) is 4. The first-order valence-electron chi connectivity index (χ1n) is 5.30. The summed E-state index contributed by atoms with van der Waals surface area (Å²) in [6.45, 7) is 3.30. The number of amides is 1. The highest BCUT2D eigenvalue weighted by Crippen LogP contribution is 2.20. The molecule has 1 unspecified atom stereocenters. The fourth-order valence-electron chi connectivity index (χ4n) is 1.39. The van der Waals surface area contributed by atoms with Gasteiger partial charge in [0.2, 0.25) is 0 Å². The molecule has 0 bridgehead atoms. The minimum absolute atomic E-state index is 0.0808. The van der Waals surface area contributed by atoms with Gasteiger partial charge in [0, 0.05) is 18.1 Å². The van der Waals surface area contributed by atoms with Gasteiger partial charge in [0.25, 0.3) is 5.91 Å². The third kappa shape index (κ3) is 3.48. The number of Topliss-reactive ketones (excluding diaryl/α,β-unsaturated/α-hetero) is 1. The Balaban J connectivity index is 2.79. The van der Waals surface area contributed by atoms with Crippen molar-refractivity contribution in [3.05, 3.63) is 23.8 Å². The summed E-state index contributed by atoms with van der Waals surface area (Å²) in [5.74, 6) is -0.998. The number of rotatable bonds is 4. The second-order valence-corrected chi connectivity index (χ2v) is 3.75. The van der Waals surface area contributed by atoms with Crippen LogP contribution < -0.4 is 5.32 Å². The van der Waals surface area contributed by atoms with Gasteiger partial charge in [-0.05, 0) is 19.1 Å². The van der Waals surface area contributed by atoms with Crippen LogP contribution in [0.4, 0.5) is 0 Å². The first kappa shape index (κ1) is 13.0. The van der Waals surface area contributed by atoms with E-state index in [1.165, 1.54) is 12.1 Å². The van der Waals surface area contributed by atoms with Crippen LogP contribution in [0.2, 0.25) is 0 Å². The van der Waals surface area contributed by atoms with E-state index in [0.29, 0.717) is 6.42 Å². The van der Waals surface area contributed by atoms with Crippen LogP contribution in [0.3, 0.4) is 0 Å². The number of carbonyl (C=O) groups is 2. The average molecular weight is 237 g/mol. The molecule has 17 heavy (non-hydrogen) atoms. The van der Waals surface area contributed by atoms with Crippen molar-refractivity contribution in [2.45, 2.75) is 26.3 Å². The fraction of sp³-hybridized carbons (Fsp3) is 0.333. The van der Waals surface area contributed by atoms with Crippen LogP contribution in [0, 0.1) is 0 Å². The lowest BCUT2D eigenvalue weighted by molar-refractivity contribution is -0.120. The first-order valence-corrected chi connectivity index (χ1v) is 5.30. The van der Waals surface area contributed by atoms with E-state index in [-0.39, 0.29) is 22.8 Å². The molecule has 5 nitrogen and oxygen atoms in total. The summed E-state index contributed by atoms with van der Waals surface area (Å²) >= 11 is 0. The molecule has 1 aromatic rings. The lowest BCUT2D eigenvalue weighted by Crippen LogP contribution is -2.38. The second-order valence-electron chi connectivity index (χ2n) is 3.75. The highest BCUT2D eigenvalue weighted by Gasteiger charge is 2.15. The van der Waals surface area contributed by atoms with Crippen LogP contribution >= 0.6 is 0 Å². The van der Waals surface area contributed by atoms with Crippen molar-refractivity contribution < 1.29 is 19.8 Å². The van der Waals surface area contributed by atoms with Crippen LogP contribution in [-0.2, 0) is 4.79 Å². The number of phenolic OH excluding ortho intramolecular Hbond substituents is 2.